The standard InChI is InChI=1S/C31H46N8O5/c32-31(33)35-15-7-13-24(30(43)44)37-29(42)26(17-20-18-36-22-11-5-4-10-21(20)22)39-28(41)25(16-19-8-2-1-3-9-19)38-27(40)23-12-6-14-34-23/h4-5,10-11,18-19,23-26,34,36H,1-3,6-9,12-17H2,(H,37,42)(H,38,40)(H,39,41)(H,43,44)(H4,32,33,35)/t23-,24-,25+,26-/m0/s1. The van der Waals surface area contributed by atoms with Gasteiger partial charge >= 0.3 is 5.97 Å². The number of aromatic amines is 1. The lowest BCUT2D eigenvalue weighted by Crippen LogP contribution is -2.58. The van der Waals surface area contributed by atoms with Crippen LogP contribution in [0.1, 0.15) is 69.8 Å². The SMILES string of the molecule is NC(N)=NCCC[C@H](NC(=O)[C@H](Cc1c[nH]c2ccccc12)NC(=O)[C@@H](CC1CCCCC1)NC(=O)[C@@H]1CCCN1)C(=O)O. The summed E-state index contributed by atoms with van der Waals surface area (Å²) in [4.78, 5) is 59.7. The third-order valence-electron chi connectivity index (χ3n) is 8.60. The number of carboxylic acid groups (broad SMARTS) is 1. The molecule has 240 valence electrons. The van der Waals surface area contributed by atoms with E-state index in [1.165, 1.54) is 0 Å². The van der Waals surface area contributed by atoms with Gasteiger partial charge in [-0.15, -0.1) is 0 Å². The first kappa shape index (κ1) is 32.8. The number of carbonyl (C=O) groups excluding carboxylic acids is 3. The average molecular weight is 611 g/mol. The number of carbonyl (C=O) groups is 4. The summed E-state index contributed by atoms with van der Waals surface area (Å²) < 4.78 is 0. The quantitative estimate of drug-likeness (QED) is 0.0825. The van der Waals surface area contributed by atoms with Gasteiger partial charge in [0, 0.05) is 30.1 Å². The molecule has 1 aromatic carbocycles. The molecule has 13 nitrogen and oxygen atoms in total. The first-order chi connectivity index (χ1) is 21.2. The predicted octanol–water partition coefficient (Wildman–Crippen LogP) is 1.03. The van der Waals surface area contributed by atoms with Crippen LogP contribution >= 0.6 is 0 Å². The first-order valence-corrected chi connectivity index (χ1v) is 15.7. The number of guanidine groups is 1. The molecule has 2 fully saturated rings. The third-order valence-corrected chi connectivity index (χ3v) is 8.60. The molecule has 2 heterocycles. The van der Waals surface area contributed by atoms with Crippen LogP contribution in [0.3, 0.4) is 0 Å². The summed E-state index contributed by atoms with van der Waals surface area (Å²) in [7, 11) is 0. The molecule has 1 saturated heterocycles. The molecule has 1 aliphatic carbocycles. The van der Waals surface area contributed by atoms with Crippen molar-refractivity contribution in [3.63, 3.8) is 0 Å². The molecule has 4 rings (SSSR count). The van der Waals surface area contributed by atoms with Crippen molar-refractivity contribution < 1.29 is 24.3 Å². The number of nitrogens with zero attached hydrogens (tertiary/aromatic N) is 1. The van der Waals surface area contributed by atoms with Gasteiger partial charge in [-0.1, -0.05) is 50.3 Å². The molecule has 10 N–H and O–H groups in total. The molecule has 0 unspecified atom stereocenters. The number of carboxylic acids is 1. The molecular formula is C31H46N8O5. The van der Waals surface area contributed by atoms with E-state index < -0.39 is 35.9 Å². The fourth-order valence-corrected chi connectivity index (χ4v) is 6.20. The lowest BCUT2D eigenvalue weighted by atomic mass is 9.84. The van der Waals surface area contributed by atoms with Gasteiger partial charge in [-0.2, -0.15) is 0 Å². The van der Waals surface area contributed by atoms with Crippen LogP contribution in [0.25, 0.3) is 10.9 Å². The monoisotopic (exact) mass is 610 g/mol. The largest absolute Gasteiger partial charge is 0.480 e. The Hall–Kier alpha value is -4.13. The van der Waals surface area contributed by atoms with Crippen molar-refractivity contribution in [2.24, 2.45) is 22.4 Å². The van der Waals surface area contributed by atoms with E-state index >= 15 is 0 Å². The van der Waals surface area contributed by atoms with Crippen LogP contribution in [0.15, 0.2) is 35.5 Å². The van der Waals surface area contributed by atoms with Gasteiger partial charge in [-0.05, 0) is 56.2 Å². The minimum atomic E-state index is -1.20. The Morgan fingerprint density at radius 1 is 0.932 bits per heavy atom. The number of hydrogen-bond acceptors (Lipinski definition) is 6. The van der Waals surface area contributed by atoms with Crippen LogP contribution in [-0.4, -0.2) is 77.0 Å². The number of amides is 3. The lowest BCUT2D eigenvalue weighted by Gasteiger charge is -2.29. The van der Waals surface area contributed by atoms with E-state index in [-0.39, 0.29) is 37.3 Å². The number of fused-ring (bicyclic) bond motifs is 1. The molecule has 2 aliphatic rings. The number of H-pyrrole nitrogens is 1. The second kappa shape index (κ2) is 16.1. The molecule has 0 spiro atoms. The van der Waals surface area contributed by atoms with E-state index in [1.54, 1.807) is 6.20 Å². The van der Waals surface area contributed by atoms with Crippen LogP contribution in [0.4, 0.5) is 0 Å². The zero-order valence-electron chi connectivity index (χ0n) is 25.1. The van der Waals surface area contributed by atoms with Crippen LogP contribution in [0, 0.1) is 5.92 Å². The number of aliphatic carboxylic acids is 1. The second-order valence-electron chi connectivity index (χ2n) is 11.9. The van der Waals surface area contributed by atoms with Gasteiger partial charge in [0.1, 0.15) is 18.1 Å². The molecule has 13 heteroatoms. The highest BCUT2D eigenvalue weighted by Crippen LogP contribution is 2.28. The number of para-hydroxylation sites is 1. The van der Waals surface area contributed by atoms with Gasteiger partial charge in [0.15, 0.2) is 5.96 Å². The van der Waals surface area contributed by atoms with Gasteiger partial charge in [0.2, 0.25) is 17.7 Å². The van der Waals surface area contributed by atoms with Crippen molar-refractivity contribution in [1.82, 2.24) is 26.3 Å². The highest BCUT2D eigenvalue weighted by molar-refractivity contribution is 5.95. The number of aliphatic imine (C=N–C) groups is 1. The normalized spacial score (nSPS) is 19.0. The average Bonchev–Trinajstić information content (AvgIpc) is 3.69. The van der Waals surface area contributed by atoms with Gasteiger partial charge < -0.3 is 42.8 Å². The maximum atomic E-state index is 13.9. The first-order valence-electron chi connectivity index (χ1n) is 15.7. The van der Waals surface area contributed by atoms with E-state index in [4.69, 9.17) is 11.5 Å². The maximum absolute atomic E-state index is 13.9. The van der Waals surface area contributed by atoms with E-state index in [0.29, 0.717) is 25.2 Å². The minimum absolute atomic E-state index is 0.0963. The van der Waals surface area contributed by atoms with Crippen molar-refractivity contribution in [1.29, 1.82) is 0 Å². The molecule has 3 amide bonds. The van der Waals surface area contributed by atoms with Gasteiger partial charge in [0.25, 0.3) is 0 Å². The van der Waals surface area contributed by atoms with Crippen molar-refractivity contribution in [3.05, 3.63) is 36.0 Å². The smallest absolute Gasteiger partial charge is 0.326 e. The second-order valence-corrected chi connectivity index (χ2v) is 11.9. The van der Waals surface area contributed by atoms with E-state index in [1.807, 2.05) is 24.3 Å². The highest BCUT2D eigenvalue weighted by Gasteiger charge is 2.33. The van der Waals surface area contributed by atoms with Gasteiger partial charge in [0.05, 0.1) is 6.04 Å². The van der Waals surface area contributed by atoms with Gasteiger partial charge in [-0.25, -0.2) is 4.79 Å². The fraction of sp³-hybridized carbons (Fsp3) is 0.581. The Morgan fingerprint density at radius 2 is 1.66 bits per heavy atom. The van der Waals surface area contributed by atoms with Gasteiger partial charge in [-0.3, -0.25) is 19.4 Å². The summed E-state index contributed by atoms with van der Waals surface area (Å²) in [6.45, 7) is 0.969. The molecule has 0 radical (unpaired) electrons. The van der Waals surface area contributed by atoms with E-state index in [0.717, 1.165) is 61.5 Å². The van der Waals surface area contributed by atoms with Crippen molar-refractivity contribution in [3.8, 4) is 0 Å². The summed E-state index contributed by atoms with van der Waals surface area (Å²) in [6.07, 6.45) is 9.72. The van der Waals surface area contributed by atoms with E-state index in [9.17, 15) is 24.3 Å². The Kier molecular flexibility index (Phi) is 12.0. The number of benzene rings is 1. The lowest BCUT2D eigenvalue weighted by molar-refractivity contribution is -0.142. The minimum Gasteiger partial charge on any atom is -0.480 e. The Labute approximate surface area is 257 Å². The topological polar surface area (TPSA) is 217 Å². The summed E-state index contributed by atoms with van der Waals surface area (Å²) in [5.41, 5.74) is 12.4. The summed E-state index contributed by atoms with van der Waals surface area (Å²) in [6, 6.07) is 4.15. The zero-order chi connectivity index (χ0) is 31.5. The summed E-state index contributed by atoms with van der Waals surface area (Å²) in [5.74, 6) is -2.31. The highest BCUT2D eigenvalue weighted by atomic mass is 16.4. The molecule has 1 aromatic heterocycles. The number of rotatable bonds is 15. The number of aromatic nitrogens is 1. The van der Waals surface area contributed by atoms with E-state index in [2.05, 4.69) is 31.2 Å². The van der Waals surface area contributed by atoms with Crippen LogP contribution in [0.5, 0.6) is 0 Å². The molecular weight excluding hydrogens is 564 g/mol. The zero-order valence-corrected chi connectivity index (χ0v) is 25.1. The Morgan fingerprint density at radius 3 is 2.36 bits per heavy atom. The van der Waals surface area contributed by atoms with Crippen molar-refractivity contribution in [2.45, 2.75) is 94.8 Å². The van der Waals surface area contributed by atoms with Crippen LogP contribution in [0.2, 0.25) is 0 Å². The fourth-order valence-electron chi connectivity index (χ4n) is 6.20. The molecule has 0 bridgehead atoms. The maximum Gasteiger partial charge on any atom is 0.326 e. The van der Waals surface area contributed by atoms with Crippen LogP contribution < -0.4 is 32.7 Å². The molecule has 2 aromatic rings. The summed E-state index contributed by atoms with van der Waals surface area (Å²) >= 11 is 0. The summed E-state index contributed by atoms with van der Waals surface area (Å²) in [5, 5.41) is 22.3. The molecule has 4 atom stereocenters. The number of nitrogens with two attached hydrogens (primary N) is 2. The number of hydrogen-bond donors (Lipinski definition) is 8. The molecule has 1 aliphatic heterocycles. The molecule has 1 saturated carbocycles. The van der Waals surface area contributed by atoms with Crippen LogP contribution in [-0.2, 0) is 25.6 Å². The Balaban J connectivity index is 1.53. The van der Waals surface area contributed by atoms with Crippen molar-refractivity contribution in [2.75, 3.05) is 13.1 Å². The third kappa shape index (κ3) is 9.43. The predicted molar refractivity (Wildman–Crippen MR) is 168 cm³/mol. The Bertz CT molecular complexity index is 1310. The molecule has 44 heavy (non-hydrogen) atoms. The van der Waals surface area contributed by atoms with Crippen molar-refractivity contribution >= 4 is 40.6 Å². The number of nitrogens with one attached hydrogen (secondary N) is 5.